The first-order valence-electron chi connectivity index (χ1n) is 6.04. The molecule has 0 aliphatic rings. The van der Waals surface area contributed by atoms with Gasteiger partial charge in [-0.05, 0) is 19.1 Å². The first-order valence-corrected chi connectivity index (χ1v) is 6.04. The highest BCUT2D eigenvalue weighted by atomic mass is 19.1. The Bertz CT molecular complexity index is 553. The summed E-state index contributed by atoms with van der Waals surface area (Å²) in [5.74, 6) is -2.96. The van der Waals surface area contributed by atoms with Crippen molar-refractivity contribution in [1.29, 1.82) is 0 Å². The van der Waals surface area contributed by atoms with Crippen LogP contribution in [0.2, 0.25) is 0 Å². The summed E-state index contributed by atoms with van der Waals surface area (Å²) in [4.78, 5) is 25.2. The molecule has 3 nitrogen and oxygen atoms in total. The van der Waals surface area contributed by atoms with Gasteiger partial charge in [-0.2, -0.15) is 0 Å². The van der Waals surface area contributed by atoms with Crippen LogP contribution in [0.1, 0.15) is 27.7 Å². The van der Waals surface area contributed by atoms with Crippen LogP contribution in [0.25, 0.3) is 0 Å². The van der Waals surface area contributed by atoms with Gasteiger partial charge in [0.2, 0.25) is 5.91 Å². The van der Waals surface area contributed by atoms with Gasteiger partial charge in [0.25, 0.3) is 5.91 Å². The third-order valence-electron chi connectivity index (χ3n) is 2.52. The van der Waals surface area contributed by atoms with Crippen LogP contribution in [-0.4, -0.2) is 11.8 Å². The summed E-state index contributed by atoms with van der Waals surface area (Å²) >= 11 is 0. The van der Waals surface area contributed by atoms with Crippen molar-refractivity contribution in [3.05, 3.63) is 42.0 Å². The van der Waals surface area contributed by atoms with Gasteiger partial charge in [-0.1, -0.05) is 27.4 Å². The summed E-state index contributed by atoms with van der Waals surface area (Å²) in [6, 6.07) is 2.55. The van der Waals surface area contributed by atoms with Gasteiger partial charge >= 0.3 is 0 Å². The summed E-state index contributed by atoms with van der Waals surface area (Å²) in [5, 5.41) is 0. The van der Waals surface area contributed by atoms with E-state index in [-0.39, 0.29) is 11.3 Å². The van der Waals surface area contributed by atoms with Gasteiger partial charge in [0.15, 0.2) is 0 Å². The lowest BCUT2D eigenvalue weighted by Crippen LogP contribution is -2.44. The maximum Gasteiger partial charge on any atom is 0.260 e. The van der Waals surface area contributed by atoms with Crippen LogP contribution < -0.4 is 4.90 Å². The number of anilines is 1. The van der Waals surface area contributed by atoms with E-state index in [1.807, 2.05) is 0 Å². The molecular weight excluding hydrogens is 264 g/mol. The molecule has 0 aliphatic heterocycles. The maximum absolute atomic E-state index is 13.3. The second-order valence-corrected chi connectivity index (χ2v) is 5.60. The summed E-state index contributed by atoms with van der Waals surface area (Å²) in [6.45, 7) is 9.76. The van der Waals surface area contributed by atoms with Gasteiger partial charge < -0.3 is 0 Å². The van der Waals surface area contributed by atoms with Crippen molar-refractivity contribution in [3.63, 3.8) is 0 Å². The van der Waals surface area contributed by atoms with Crippen LogP contribution in [-0.2, 0) is 9.59 Å². The zero-order chi connectivity index (χ0) is 15.7. The van der Waals surface area contributed by atoms with Crippen molar-refractivity contribution in [2.45, 2.75) is 27.7 Å². The molecule has 20 heavy (non-hydrogen) atoms. The minimum Gasteiger partial charge on any atom is -0.273 e. The molecule has 1 aromatic rings. The van der Waals surface area contributed by atoms with Crippen LogP contribution in [0.4, 0.5) is 14.5 Å². The highest BCUT2D eigenvalue weighted by molar-refractivity contribution is 6.21. The molecule has 1 aromatic carbocycles. The van der Waals surface area contributed by atoms with Gasteiger partial charge in [-0.3, -0.25) is 9.59 Å². The number of amides is 2. The number of hydrogen-bond donors (Lipinski definition) is 0. The largest absolute Gasteiger partial charge is 0.273 e. The van der Waals surface area contributed by atoms with E-state index >= 15 is 0 Å². The Morgan fingerprint density at radius 2 is 1.55 bits per heavy atom. The van der Waals surface area contributed by atoms with Gasteiger partial charge in [0.1, 0.15) is 11.6 Å². The maximum atomic E-state index is 13.3. The average molecular weight is 281 g/mol. The molecule has 0 saturated heterocycles. The molecule has 0 atom stereocenters. The number of carbonyl (C=O) groups is 2. The SMILES string of the molecule is C=C(C)C(=O)N(C(=O)C(C)(C)C)c1cc(F)cc(F)c1. The van der Waals surface area contributed by atoms with E-state index in [0.717, 1.165) is 17.0 Å². The Balaban J connectivity index is 3.41. The van der Waals surface area contributed by atoms with Crippen molar-refractivity contribution >= 4 is 17.5 Å². The lowest BCUT2D eigenvalue weighted by molar-refractivity contribution is -0.130. The lowest BCUT2D eigenvalue weighted by Gasteiger charge is -2.28. The number of carbonyl (C=O) groups excluding carboxylic acids is 2. The van der Waals surface area contributed by atoms with Crippen LogP contribution >= 0.6 is 0 Å². The Morgan fingerprint density at radius 3 is 1.90 bits per heavy atom. The Morgan fingerprint density at radius 1 is 1.10 bits per heavy atom. The van der Waals surface area contributed by atoms with Crippen molar-refractivity contribution < 1.29 is 18.4 Å². The van der Waals surface area contributed by atoms with Crippen LogP contribution in [0.3, 0.4) is 0 Å². The van der Waals surface area contributed by atoms with Gasteiger partial charge in [-0.15, -0.1) is 0 Å². The first kappa shape index (κ1) is 16.0. The fourth-order valence-corrected chi connectivity index (χ4v) is 1.52. The van der Waals surface area contributed by atoms with Crippen LogP contribution in [0.5, 0.6) is 0 Å². The molecule has 0 bridgehead atoms. The molecule has 0 aliphatic carbocycles. The highest BCUT2D eigenvalue weighted by Gasteiger charge is 2.33. The molecule has 0 heterocycles. The second-order valence-electron chi connectivity index (χ2n) is 5.60. The molecule has 5 heteroatoms. The summed E-state index contributed by atoms with van der Waals surface area (Å²) in [7, 11) is 0. The fraction of sp³-hybridized carbons (Fsp3) is 0.333. The molecule has 0 aromatic heterocycles. The minimum atomic E-state index is -0.881. The van der Waals surface area contributed by atoms with Crippen LogP contribution in [0, 0.1) is 17.0 Å². The summed E-state index contributed by atoms with van der Waals surface area (Å²) in [5.41, 5.74) is -0.920. The smallest absolute Gasteiger partial charge is 0.260 e. The standard InChI is InChI=1S/C15H17F2NO2/c1-9(2)13(19)18(14(20)15(3,4)5)12-7-10(16)6-11(17)8-12/h6-8H,1H2,2-5H3. The van der Waals surface area contributed by atoms with Gasteiger partial charge in [-0.25, -0.2) is 13.7 Å². The molecule has 0 fully saturated rings. The second kappa shape index (κ2) is 5.53. The van der Waals surface area contributed by atoms with Crippen molar-refractivity contribution in [2.24, 2.45) is 5.41 Å². The average Bonchev–Trinajstić information content (AvgIpc) is 2.26. The quantitative estimate of drug-likeness (QED) is 0.779. The summed E-state index contributed by atoms with van der Waals surface area (Å²) < 4.78 is 26.6. The molecule has 2 amide bonds. The minimum absolute atomic E-state index is 0.104. The third kappa shape index (κ3) is 3.50. The Kier molecular flexibility index (Phi) is 4.43. The molecule has 0 radical (unpaired) electrons. The molecule has 0 unspecified atom stereocenters. The molecular formula is C15H17F2NO2. The predicted molar refractivity (Wildman–Crippen MR) is 73.1 cm³/mol. The number of halogens is 2. The monoisotopic (exact) mass is 281 g/mol. The zero-order valence-electron chi connectivity index (χ0n) is 12.0. The number of benzene rings is 1. The van der Waals surface area contributed by atoms with E-state index in [1.54, 1.807) is 20.8 Å². The van der Waals surface area contributed by atoms with Crippen molar-refractivity contribution in [2.75, 3.05) is 4.90 Å². The van der Waals surface area contributed by atoms with E-state index in [4.69, 9.17) is 0 Å². The van der Waals surface area contributed by atoms with E-state index < -0.39 is 28.9 Å². The fourth-order valence-electron chi connectivity index (χ4n) is 1.52. The molecule has 108 valence electrons. The molecule has 0 spiro atoms. The number of nitrogens with zero attached hydrogens (tertiary/aromatic N) is 1. The lowest BCUT2D eigenvalue weighted by atomic mass is 9.94. The zero-order valence-corrected chi connectivity index (χ0v) is 12.0. The van der Waals surface area contributed by atoms with E-state index in [9.17, 15) is 18.4 Å². The van der Waals surface area contributed by atoms with E-state index in [1.165, 1.54) is 6.92 Å². The number of rotatable bonds is 2. The van der Waals surface area contributed by atoms with E-state index in [2.05, 4.69) is 6.58 Å². The number of imide groups is 1. The van der Waals surface area contributed by atoms with Crippen LogP contribution in [0.15, 0.2) is 30.4 Å². The Hall–Kier alpha value is -2.04. The summed E-state index contributed by atoms with van der Waals surface area (Å²) in [6.07, 6.45) is 0. The Labute approximate surface area is 116 Å². The van der Waals surface area contributed by atoms with Crippen molar-refractivity contribution in [3.8, 4) is 0 Å². The first-order chi connectivity index (χ1) is 9.04. The number of hydrogen-bond acceptors (Lipinski definition) is 2. The molecule has 1 rings (SSSR count). The molecule has 0 N–H and O–H groups in total. The van der Waals surface area contributed by atoms with Crippen molar-refractivity contribution in [1.82, 2.24) is 0 Å². The predicted octanol–water partition coefficient (Wildman–Crippen LogP) is 3.45. The normalized spacial score (nSPS) is 11.1. The topological polar surface area (TPSA) is 37.4 Å². The molecule has 0 saturated carbocycles. The van der Waals surface area contributed by atoms with Gasteiger partial charge in [0, 0.05) is 17.1 Å². The van der Waals surface area contributed by atoms with Gasteiger partial charge in [0.05, 0.1) is 5.69 Å². The highest BCUT2D eigenvalue weighted by Crippen LogP contribution is 2.26. The third-order valence-corrected chi connectivity index (χ3v) is 2.52. The van der Waals surface area contributed by atoms with E-state index in [0.29, 0.717) is 6.07 Å².